The number of nitrogens with zero attached hydrogens (tertiary/aromatic N) is 2. The summed E-state index contributed by atoms with van der Waals surface area (Å²) in [6.45, 7) is 0.996. The average Bonchev–Trinajstić information content (AvgIpc) is 3.04. The van der Waals surface area contributed by atoms with Crippen molar-refractivity contribution in [1.82, 2.24) is 4.90 Å². The number of primary amides is 1. The quantitative estimate of drug-likeness (QED) is 0.852. The molecule has 0 saturated carbocycles. The molecule has 1 atom stereocenters. The van der Waals surface area contributed by atoms with E-state index >= 15 is 0 Å². The van der Waals surface area contributed by atoms with Gasteiger partial charge < -0.3 is 20.6 Å². The summed E-state index contributed by atoms with van der Waals surface area (Å²) in [6.07, 6.45) is 0.823. The Bertz CT molecular complexity index is 650. The van der Waals surface area contributed by atoms with Crippen molar-refractivity contribution >= 4 is 17.5 Å². The first-order chi connectivity index (χ1) is 11.1. The van der Waals surface area contributed by atoms with E-state index in [-0.39, 0.29) is 23.5 Å². The number of aromatic hydroxyl groups is 1. The van der Waals surface area contributed by atoms with Crippen LogP contribution in [0.15, 0.2) is 29.4 Å². The second kappa shape index (κ2) is 6.28. The van der Waals surface area contributed by atoms with E-state index in [9.17, 15) is 14.7 Å². The lowest BCUT2D eigenvalue weighted by Crippen LogP contribution is -2.45. The van der Waals surface area contributed by atoms with Crippen molar-refractivity contribution in [3.8, 4) is 5.75 Å². The Morgan fingerprint density at radius 1 is 1.26 bits per heavy atom. The summed E-state index contributed by atoms with van der Waals surface area (Å²) < 4.78 is 0. The van der Waals surface area contributed by atoms with Gasteiger partial charge in [0.15, 0.2) is 0 Å². The molecule has 2 amide bonds. The Labute approximate surface area is 133 Å². The molecule has 122 valence electrons. The minimum absolute atomic E-state index is 0.116. The Balaban J connectivity index is 1.59. The van der Waals surface area contributed by atoms with Crippen molar-refractivity contribution in [3.63, 3.8) is 0 Å². The lowest BCUT2D eigenvalue weighted by molar-refractivity contribution is -0.144. The number of phenolic OH excluding ortho intramolecular Hbond substituents is 1. The first kappa shape index (κ1) is 15.3. The summed E-state index contributed by atoms with van der Waals surface area (Å²) in [5, 5.41) is 13.8. The maximum absolute atomic E-state index is 12.5. The molecule has 1 aromatic carbocycles. The molecule has 0 spiro atoms. The second-order valence-corrected chi connectivity index (χ2v) is 5.86. The summed E-state index contributed by atoms with van der Waals surface area (Å²) in [7, 11) is 0. The molecular formula is C16H19N3O4. The number of phenols is 1. The largest absolute Gasteiger partial charge is 0.507 e. The van der Waals surface area contributed by atoms with Crippen molar-refractivity contribution in [1.29, 1.82) is 0 Å². The number of carbonyl (C=O) groups is 2. The Hall–Kier alpha value is -2.57. The number of hydrogen-bond acceptors (Lipinski definition) is 5. The predicted octanol–water partition coefficient (Wildman–Crippen LogP) is 0.609. The topological polar surface area (TPSA) is 105 Å². The molecule has 0 bridgehead atoms. The summed E-state index contributed by atoms with van der Waals surface area (Å²) in [6, 6.07) is 6.83. The molecule has 1 fully saturated rings. The minimum Gasteiger partial charge on any atom is -0.507 e. The number of likely N-dealkylation sites (tertiary alicyclic amines) is 1. The van der Waals surface area contributed by atoms with Crippen LogP contribution in [0.5, 0.6) is 5.75 Å². The summed E-state index contributed by atoms with van der Waals surface area (Å²) in [4.78, 5) is 30.6. The molecule has 0 aromatic heterocycles. The number of carbonyl (C=O) groups excluding carboxylic acids is 2. The van der Waals surface area contributed by atoms with E-state index in [1.54, 1.807) is 29.2 Å². The first-order valence-corrected chi connectivity index (χ1v) is 7.65. The van der Waals surface area contributed by atoms with Gasteiger partial charge in [-0.3, -0.25) is 9.59 Å². The number of piperidine rings is 1. The van der Waals surface area contributed by atoms with Crippen molar-refractivity contribution in [3.05, 3.63) is 29.8 Å². The van der Waals surface area contributed by atoms with E-state index in [4.69, 9.17) is 10.6 Å². The number of oxime groups is 1. The lowest BCUT2D eigenvalue weighted by Gasteiger charge is -2.31. The first-order valence-electron chi connectivity index (χ1n) is 7.65. The van der Waals surface area contributed by atoms with E-state index in [0.717, 1.165) is 0 Å². The van der Waals surface area contributed by atoms with Crippen LogP contribution in [-0.4, -0.2) is 46.7 Å². The molecule has 23 heavy (non-hydrogen) atoms. The fourth-order valence-corrected chi connectivity index (χ4v) is 2.97. The Morgan fingerprint density at radius 2 is 1.96 bits per heavy atom. The summed E-state index contributed by atoms with van der Waals surface area (Å²) in [5.74, 6) is -0.483. The van der Waals surface area contributed by atoms with Crippen LogP contribution in [0.25, 0.3) is 0 Å². The number of rotatable bonds is 3. The van der Waals surface area contributed by atoms with Gasteiger partial charge in [0, 0.05) is 31.0 Å². The normalized spacial score (nSPS) is 21.7. The van der Waals surface area contributed by atoms with Gasteiger partial charge in [-0.15, -0.1) is 0 Å². The van der Waals surface area contributed by atoms with Crippen LogP contribution in [0.4, 0.5) is 0 Å². The molecule has 7 nitrogen and oxygen atoms in total. The van der Waals surface area contributed by atoms with Gasteiger partial charge in [-0.2, -0.15) is 0 Å². The van der Waals surface area contributed by atoms with Crippen molar-refractivity contribution in [2.75, 3.05) is 13.1 Å². The van der Waals surface area contributed by atoms with Gasteiger partial charge in [0.25, 0.3) is 5.91 Å². The van der Waals surface area contributed by atoms with Gasteiger partial charge in [-0.1, -0.05) is 17.3 Å². The molecule has 1 unspecified atom stereocenters. The predicted molar refractivity (Wildman–Crippen MR) is 82.6 cm³/mol. The Morgan fingerprint density at radius 3 is 2.61 bits per heavy atom. The Kier molecular flexibility index (Phi) is 4.18. The smallest absolute Gasteiger partial charge is 0.266 e. The zero-order valence-electron chi connectivity index (χ0n) is 12.6. The van der Waals surface area contributed by atoms with Gasteiger partial charge in [-0.05, 0) is 25.0 Å². The van der Waals surface area contributed by atoms with Gasteiger partial charge in [0.2, 0.25) is 12.0 Å². The molecular weight excluding hydrogens is 298 g/mol. The molecule has 1 saturated heterocycles. The second-order valence-electron chi connectivity index (χ2n) is 5.86. The van der Waals surface area contributed by atoms with Crippen LogP contribution in [-0.2, 0) is 14.4 Å². The van der Waals surface area contributed by atoms with E-state index in [2.05, 4.69) is 5.16 Å². The lowest BCUT2D eigenvalue weighted by atomic mass is 9.95. The average molecular weight is 317 g/mol. The zero-order chi connectivity index (χ0) is 16.4. The van der Waals surface area contributed by atoms with E-state index in [0.29, 0.717) is 43.6 Å². The zero-order valence-corrected chi connectivity index (χ0v) is 12.6. The highest BCUT2D eigenvalue weighted by molar-refractivity contribution is 6.05. The molecule has 0 aliphatic carbocycles. The van der Waals surface area contributed by atoms with E-state index in [1.807, 2.05) is 0 Å². The third-order valence-corrected chi connectivity index (χ3v) is 4.37. The molecule has 7 heteroatoms. The molecule has 3 N–H and O–H groups in total. The summed E-state index contributed by atoms with van der Waals surface area (Å²) in [5.41, 5.74) is 6.44. The minimum atomic E-state index is -0.672. The van der Waals surface area contributed by atoms with Crippen molar-refractivity contribution < 1.29 is 19.5 Å². The highest BCUT2D eigenvalue weighted by Crippen LogP contribution is 2.25. The standard InChI is InChI=1S/C16H19N3O4/c17-15(21)10-5-7-19(8-6-10)16(22)14-9-12(18-23-14)11-3-1-2-4-13(11)20/h1-4,10,14,20H,5-9H2,(H2,17,21). The van der Waals surface area contributed by atoms with Crippen molar-refractivity contribution in [2.24, 2.45) is 16.8 Å². The number of nitrogens with two attached hydrogens (primary N) is 1. The maximum Gasteiger partial charge on any atom is 0.266 e. The van der Waals surface area contributed by atoms with Crippen LogP contribution < -0.4 is 5.73 Å². The van der Waals surface area contributed by atoms with Gasteiger partial charge >= 0.3 is 0 Å². The highest BCUT2D eigenvalue weighted by Gasteiger charge is 2.35. The third kappa shape index (κ3) is 3.13. The molecule has 2 aliphatic heterocycles. The molecule has 2 aliphatic rings. The fraction of sp³-hybridized carbons (Fsp3) is 0.438. The van der Waals surface area contributed by atoms with E-state index in [1.165, 1.54) is 0 Å². The number of para-hydroxylation sites is 1. The van der Waals surface area contributed by atoms with Gasteiger partial charge in [0.1, 0.15) is 5.75 Å². The van der Waals surface area contributed by atoms with Gasteiger partial charge in [-0.25, -0.2) is 0 Å². The number of hydrogen-bond donors (Lipinski definition) is 2. The molecule has 2 heterocycles. The highest BCUT2D eigenvalue weighted by atomic mass is 16.6. The number of amides is 2. The molecule has 3 rings (SSSR count). The van der Waals surface area contributed by atoms with E-state index < -0.39 is 6.10 Å². The van der Waals surface area contributed by atoms with Crippen LogP contribution >= 0.6 is 0 Å². The van der Waals surface area contributed by atoms with Crippen LogP contribution in [0.1, 0.15) is 24.8 Å². The summed E-state index contributed by atoms with van der Waals surface area (Å²) >= 11 is 0. The van der Waals surface area contributed by atoms with Crippen LogP contribution in [0, 0.1) is 5.92 Å². The SMILES string of the molecule is NC(=O)C1CCN(C(=O)C2CC(c3ccccc3O)=NO2)CC1. The van der Waals surface area contributed by atoms with Gasteiger partial charge in [0.05, 0.1) is 5.71 Å². The number of benzene rings is 1. The fourth-order valence-electron chi connectivity index (χ4n) is 2.97. The molecule has 0 radical (unpaired) electrons. The monoisotopic (exact) mass is 317 g/mol. The van der Waals surface area contributed by atoms with Crippen molar-refractivity contribution in [2.45, 2.75) is 25.4 Å². The van der Waals surface area contributed by atoms with Crippen LogP contribution in [0.2, 0.25) is 0 Å². The van der Waals surface area contributed by atoms with Crippen LogP contribution in [0.3, 0.4) is 0 Å². The molecule has 1 aromatic rings. The third-order valence-electron chi connectivity index (χ3n) is 4.37. The maximum atomic E-state index is 12.5.